The van der Waals surface area contributed by atoms with Crippen molar-refractivity contribution < 1.29 is 9.53 Å². The molecule has 0 aliphatic carbocycles. The van der Waals surface area contributed by atoms with Gasteiger partial charge in [-0.25, -0.2) is 9.97 Å². The SMILES string of the molecule is CC[C@H](OC(C)=O)c1cnc(C)nc1. The van der Waals surface area contributed by atoms with E-state index in [1.165, 1.54) is 6.92 Å². The molecule has 1 rings (SSSR count). The number of ether oxygens (including phenoxy) is 1. The van der Waals surface area contributed by atoms with Crippen LogP contribution in [0, 0.1) is 6.92 Å². The van der Waals surface area contributed by atoms with Crippen molar-refractivity contribution >= 4 is 5.97 Å². The van der Waals surface area contributed by atoms with Crippen molar-refractivity contribution in [2.24, 2.45) is 0 Å². The molecule has 1 atom stereocenters. The summed E-state index contributed by atoms with van der Waals surface area (Å²) in [6, 6.07) is 0. The van der Waals surface area contributed by atoms with Gasteiger partial charge in [-0.1, -0.05) is 6.92 Å². The van der Waals surface area contributed by atoms with Gasteiger partial charge < -0.3 is 4.74 Å². The van der Waals surface area contributed by atoms with Gasteiger partial charge >= 0.3 is 5.97 Å². The summed E-state index contributed by atoms with van der Waals surface area (Å²) in [5, 5.41) is 0. The van der Waals surface area contributed by atoms with Gasteiger partial charge in [-0.05, 0) is 13.3 Å². The number of aryl methyl sites for hydroxylation is 1. The molecule has 1 heterocycles. The first-order chi connectivity index (χ1) is 6.63. The van der Waals surface area contributed by atoms with Gasteiger partial charge in [0.2, 0.25) is 0 Å². The molecule has 0 unspecified atom stereocenters. The molecule has 4 heteroatoms. The van der Waals surface area contributed by atoms with E-state index in [0.717, 1.165) is 12.0 Å². The van der Waals surface area contributed by atoms with Gasteiger partial charge in [0.25, 0.3) is 0 Å². The second-order valence-electron chi connectivity index (χ2n) is 3.07. The highest BCUT2D eigenvalue weighted by Crippen LogP contribution is 2.19. The Bertz CT molecular complexity index is 308. The first-order valence-corrected chi connectivity index (χ1v) is 4.59. The van der Waals surface area contributed by atoms with E-state index in [4.69, 9.17) is 4.74 Å². The summed E-state index contributed by atoms with van der Waals surface area (Å²) in [6.45, 7) is 5.17. The smallest absolute Gasteiger partial charge is 0.303 e. The molecule has 0 aromatic carbocycles. The van der Waals surface area contributed by atoms with Gasteiger partial charge in [0.05, 0.1) is 0 Å². The molecule has 1 aromatic heterocycles. The van der Waals surface area contributed by atoms with Gasteiger partial charge in [0.1, 0.15) is 11.9 Å². The van der Waals surface area contributed by atoms with Crippen LogP contribution < -0.4 is 0 Å². The van der Waals surface area contributed by atoms with Gasteiger partial charge in [-0.15, -0.1) is 0 Å². The first kappa shape index (κ1) is 10.6. The number of hydrogen-bond acceptors (Lipinski definition) is 4. The van der Waals surface area contributed by atoms with E-state index in [2.05, 4.69) is 9.97 Å². The van der Waals surface area contributed by atoms with E-state index in [0.29, 0.717) is 5.82 Å². The molecular weight excluding hydrogens is 180 g/mol. The summed E-state index contributed by atoms with van der Waals surface area (Å²) in [6.07, 6.45) is 3.89. The number of hydrogen-bond donors (Lipinski definition) is 0. The summed E-state index contributed by atoms with van der Waals surface area (Å²) in [4.78, 5) is 18.9. The average Bonchev–Trinajstić information content (AvgIpc) is 2.15. The quantitative estimate of drug-likeness (QED) is 0.688. The molecule has 0 saturated carbocycles. The Morgan fingerprint density at radius 2 is 2.07 bits per heavy atom. The van der Waals surface area contributed by atoms with E-state index in [9.17, 15) is 4.79 Å². The maximum absolute atomic E-state index is 10.8. The van der Waals surface area contributed by atoms with E-state index in [-0.39, 0.29) is 12.1 Å². The topological polar surface area (TPSA) is 52.1 Å². The molecule has 0 saturated heterocycles. The first-order valence-electron chi connectivity index (χ1n) is 4.59. The van der Waals surface area contributed by atoms with Crippen LogP contribution in [0.5, 0.6) is 0 Å². The minimum atomic E-state index is -0.280. The molecule has 0 N–H and O–H groups in total. The summed E-state index contributed by atoms with van der Waals surface area (Å²) in [5.74, 6) is 0.434. The molecule has 76 valence electrons. The largest absolute Gasteiger partial charge is 0.458 e. The summed E-state index contributed by atoms with van der Waals surface area (Å²) in [5.41, 5.74) is 0.841. The maximum Gasteiger partial charge on any atom is 0.303 e. The van der Waals surface area contributed by atoms with Crippen molar-refractivity contribution in [3.8, 4) is 0 Å². The molecule has 0 aliphatic rings. The van der Waals surface area contributed by atoms with E-state index in [1.807, 2.05) is 13.8 Å². The molecule has 0 bridgehead atoms. The van der Waals surface area contributed by atoms with Crippen molar-refractivity contribution in [2.45, 2.75) is 33.3 Å². The Morgan fingerprint density at radius 1 is 1.50 bits per heavy atom. The summed E-state index contributed by atoms with van der Waals surface area (Å²) in [7, 11) is 0. The maximum atomic E-state index is 10.8. The van der Waals surface area contributed by atoms with Crippen LogP contribution in [0.4, 0.5) is 0 Å². The van der Waals surface area contributed by atoms with Crippen molar-refractivity contribution in [3.63, 3.8) is 0 Å². The minimum absolute atomic E-state index is 0.229. The van der Waals surface area contributed by atoms with E-state index < -0.39 is 0 Å². The molecule has 0 amide bonds. The molecule has 0 fully saturated rings. The molecular formula is C10H14N2O2. The average molecular weight is 194 g/mol. The third-order valence-electron chi connectivity index (χ3n) is 1.85. The lowest BCUT2D eigenvalue weighted by atomic mass is 10.1. The highest BCUT2D eigenvalue weighted by atomic mass is 16.5. The lowest BCUT2D eigenvalue weighted by Gasteiger charge is -2.14. The monoisotopic (exact) mass is 194 g/mol. The number of aromatic nitrogens is 2. The second kappa shape index (κ2) is 4.69. The van der Waals surface area contributed by atoms with Crippen molar-refractivity contribution in [1.82, 2.24) is 9.97 Å². The fraction of sp³-hybridized carbons (Fsp3) is 0.500. The molecule has 0 aliphatic heterocycles. The Morgan fingerprint density at radius 3 is 2.50 bits per heavy atom. The zero-order valence-electron chi connectivity index (χ0n) is 8.65. The van der Waals surface area contributed by atoms with Crippen molar-refractivity contribution in [3.05, 3.63) is 23.8 Å². The van der Waals surface area contributed by atoms with E-state index in [1.54, 1.807) is 12.4 Å². The fourth-order valence-corrected chi connectivity index (χ4v) is 1.16. The van der Waals surface area contributed by atoms with Crippen molar-refractivity contribution in [1.29, 1.82) is 0 Å². The lowest BCUT2D eigenvalue weighted by molar-refractivity contribution is -0.146. The third kappa shape index (κ3) is 2.80. The second-order valence-corrected chi connectivity index (χ2v) is 3.07. The van der Waals surface area contributed by atoms with Crippen LogP contribution in [-0.4, -0.2) is 15.9 Å². The van der Waals surface area contributed by atoms with Crippen LogP contribution in [-0.2, 0) is 9.53 Å². The number of carbonyl (C=O) groups is 1. The van der Waals surface area contributed by atoms with Gasteiger partial charge in [-0.3, -0.25) is 4.79 Å². The highest BCUT2D eigenvalue weighted by Gasteiger charge is 2.12. The normalized spacial score (nSPS) is 12.2. The van der Waals surface area contributed by atoms with Gasteiger partial charge in [0, 0.05) is 24.9 Å². The summed E-state index contributed by atoms with van der Waals surface area (Å²) >= 11 is 0. The van der Waals surface area contributed by atoms with Crippen LogP contribution >= 0.6 is 0 Å². The third-order valence-corrected chi connectivity index (χ3v) is 1.85. The van der Waals surface area contributed by atoms with Crippen LogP contribution in [0.1, 0.15) is 37.8 Å². The molecule has 4 nitrogen and oxygen atoms in total. The number of carbonyl (C=O) groups excluding carboxylic acids is 1. The Kier molecular flexibility index (Phi) is 3.56. The Labute approximate surface area is 83.3 Å². The fourth-order valence-electron chi connectivity index (χ4n) is 1.16. The molecule has 14 heavy (non-hydrogen) atoms. The number of esters is 1. The van der Waals surface area contributed by atoms with Crippen LogP contribution in [0.2, 0.25) is 0 Å². The number of nitrogens with zero attached hydrogens (tertiary/aromatic N) is 2. The Hall–Kier alpha value is -1.45. The van der Waals surface area contributed by atoms with Crippen LogP contribution in [0.25, 0.3) is 0 Å². The predicted octanol–water partition coefficient (Wildman–Crippen LogP) is 1.80. The Balaban J connectivity index is 2.78. The highest BCUT2D eigenvalue weighted by molar-refractivity contribution is 5.66. The molecule has 0 spiro atoms. The van der Waals surface area contributed by atoms with Gasteiger partial charge in [0.15, 0.2) is 0 Å². The summed E-state index contributed by atoms with van der Waals surface area (Å²) < 4.78 is 5.11. The zero-order chi connectivity index (χ0) is 10.6. The van der Waals surface area contributed by atoms with E-state index >= 15 is 0 Å². The van der Waals surface area contributed by atoms with Gasteiger partial charge in [-0.2, -0.15) is 0 Å². The van der Waals surface area contributed by atoms with Crippen LogP contribution in [0.15, 0.2) is 12.4 Å². The number of rotatable bonds is 3. The predicted molar refractivity (Wildman–Crippen MR) is 51.6 cm³/mol. The molecule has 0 radical (unpaired) electrons. The lowest BCUT2D eigenvalue weighted by Crippen LogP contribution is -2.08. The molecule has 1 aromatic rings. The van der Waals surface area contributed by atoms with Crippen molar-refractivity contribution in [2.75, 3.05) is 0 Å². The minimum Gasteiger partial charge on any atom is -0.458 e. The standard InChI is InChI=1S/C10H14N2O2/c1-4-10(14-8(3)13)9-5-11-7(2)12-6-9/h5-6,10H,4H2,1-3H3/t10-/m0/s1. The zero-order valence-corrected chi connectivity index (χ0v) is 8.65. The van der Waals surface area contributed by atoms with Crippen LogP contribution in [0.3, 0.4) is 0 Å².